The first-order valence-electron chi connectivity index (χ1n) is 9.65. The van der Waals surface area contributed by atoms with Gasteiger partial charge in [-0.3, -0.25) is 19.7 Å². The Morgan fingerprint density at radius 1 is 1.28 bits per heavy atom. The number of imide groups is 1. The third-order valence-electron chi connectivity index (χ3n) is 5.31. The standard InChI is InChI=1S/C20H23N5O4/c21-6-5-17-15(23-11-29-17)9-22-8-12-1-2-14-13(7-12)10-25(20(14)28)16-3-4-18(26)24-19(16)27/h1-2,7,11,16,22H,3-6,8-10,21H2,(H,24,26,27). The predicted octanol–water partition coefficient (Wildman–Crippen LogP) is 0.227. The summed E-state index contributed by atoms with van der Waals surface area (Å²) in [6.45, 7) is 2.04. The summed E-state index contributed by atoms with van der Waals surface area (Å²) >= 11 is 0. The lowest BCUT2D eigenvalue weighted by Gasteiger charge is -2.29. The molecule has 1 saturated heterocycles. The van der Waals surface area contributed by atoms with Crippen LogP contribution < -0.4 is 16.4 Å². The summed E-state index contributed by atoms with van der Waals surface area (Å²) in [7, 11) is 0. The van der Waals surface area contributed by atoms with Crippen molar-refractivity contribution >= 4 is 17.7 Å². The van der Waals surface area contributed by atoms with E-state index in [0.29, 0.717) is 44.6 Å². The fraction of sp³-hybridized carbons (Fsp3) is 0.400. The normalized spacial score (nSPS) is 18.9. The van der Waals surface area contributed by atoms with Crippen molar-refractivity contribution in [1.29, 1.82) is 0 Å². The van der Waals surface area contributed by atoms with Gasteiger partial charge in [0, 0.05) is 38.0 Å². The molecular weight excluding hydrogens is 374 g/mol. The second kappa shape index (κ2) is 8.14. The number of amides is 3. The molecule has 152 valence electrons. The van der Waals surface area contributed by atoms with Gasteiger partial charge in [0.2, 0.25) is 11.8 Å². The summed E-state index contributed by atoms with van der Waals surface area (Å²) in [4.78, 5) is 42.0. The molecule has 9 nitrogen and oxygen atoms in total. The average molecular weight is 397 g/mol. The highest BCUT2D eigenvalue weighted by atomic mass is 16.3. The molecule has 9 heteroatoms. The maximum atomic E-state index is 12.7. The van der Waals surface area contributed by atoms with Crippen molar-refractivity contribution in [2.75, 3.05) is 6.54 Å². The topological polar surface area (TPSA) is 131 Å². The molecule has 2 aliphatic rings. The molecular formula is C20H23N5O4. The number of oxazole rings is 1. The van der Waals surface area contributed by atoms with Crippen LogP contribution in [0.15, 0.2) is 29.0 Å². The highest BCUT2D eigenvalue weighted by molar-refractivity contribution is 6.05. The Morgan fingerprint density at radius 2 is 2.14 bits per heavy atom. The minimum absolute atomic E-state index is 0.164. The van der Waals surface area contributed by atoms with Crippen molar-refractivity contribution in [1.82, 2.24) is 20.5 Å². The highest BCUT2D eigenvalue weighted by Crippen LogP contribution is 2.28. The smallest absolute Gasteiger partial charge is 0.255 e. The van der Waals surface area contributed by atoms with Crippen molar-refractivity contribution in [3.63, 3.8) is 0 Å². The zero-order chi connectivity index (χ0) is 20.4. The number of benzene rings is 1. The van der Waals surface area contributed by atoms with E-state index < -0.39 is 11.9 Å². The van der Waals surface area contributed by atoms with Gasteiger partial charge in [-0.25, -0.2) is 4.98 Å². The Morgan fingerprint density at radius 3 is 2.93 bits per heavy atom. The van der Waals surface area contributed by atoms with E-state index in [1.807, 2.05) is 12.1 Å². The molecule has 4 N–H and O–H groups in total. The van der Waals surface area contributed by atoms with Gasteiger partial charge >= 0.3 is 0 Å². The zero-order valence-electron chi connectivity index (χ0n) is 15.9. The van der Waals surface area contributed by atoms with Crippen molar-refractivity contribution in [3.05, 3.63) is 52.7 Å². The third-order valence-corrected chi connectivity index (χ3v) is 5.31. The summed E-state index contributed by atoms with van der Waals surface area (Å²) in [5.41, 5.74) is 8.95. The van der Waals surface area contributed by atoms with Crippen LogP contribution in [0.3, 0.4) is 0 Å². The van der Waals surface area contributed by atoms with Crippen molar-refractivity contribution in [2.45, 2.75) is 44.9 Å². The van der Waals surface area contributed by atoms with Crippen LogP contribution in [0.25, 0.3) is 0 Å². The molecule has 0 radical (unpaired) electrons. The number of hydrogen-bond acceptors (Lipinski definition) is 7. The number of hydrogen-bond donors (Lipinski definition) is 3. The van der Waals surface area contributed by atoms with Gasteiger partial charge in [0.25, 0.3) is 5.91 Å². The number of nitrogens with two attached hydrogens (primary N) is 1. The van der Waals surface area contributed by atoms with Crippen LogP contribution in [0.4, 0.5) is 0 Å². The van der Waals surface area contributed by atoms with Gasteiger partial charge in [0.1, 0.15) is 11.8 Å². The van der Waals surface area contributed by atoms with Crippen molar-refractivity contribution in [2.24, 2.45) is 5.73 Å². The quantitative estimate of drug-likeness (QED) is 0.570. The van der Waals surface area contributed by atoms with E-state index >= 15 is 0 Å². The van der Waals surface area contributed by atoms with Gasteiger partial charge in [-0.2, -0.15) is 0 Å². The fourth-order valence-electron chi connectivity index (χ4n) is 3.84. The van der Waals surface area contributed by atoms with E-state index in [1.165, 1.54) is 6.39 Å². The number of fused-ring (bicyclic) bond motifs is 1. The Bertz CT molecular complexity index is 954. The molecule has 4 rings (SSSR count). The first-order chi connectivity index (χ1) is 14.1. The number of nitrogens with zero attached hydrogens (tertiary/aromatic N) is 2. The lowest BCUT2D eigenvalue weighted by molar-refractivity contribution is -0.136. The average Bonchev–Trinajstić information content (AvgIpc) is 3.27. The minimum atomic E-state index is -0.595. The first-order valence-corrected chi connectivity index (χ1v) is 9.65. The van der Waals surface area contributed by atoms with Gasteiger partial charge in [0.05, 0.1) is 5.69 Å². The summed E-state index contributed by atoms with van der Waals surface area (Å²) < 4.78 is 5.34. The molecule has 2 aliphatic heterocycles. The molecule has 1 aromatic heterocycles. The fourth-order valence-corrected chi connectivity index (χ4v) is 3.84. The van der Waals surface area contributed by atoms with Gasteiger partial charge in [-0.1, -0.05) is 12.1 Å². The molecule has 3 amide bonds. The second-order valence-corrected chi connectivity index (χ2v) is 7.26. The van der Waals surface area contributed by atoms with Gasteiger partial charge in [-0.15, -0.1) is 0 Å². The zero-order valence-corrected chi connectivity index (χ0v) is 15.9. The lowest BCUT2D eigenvalue weighted by Crippen LogP contribution is -2.52. The minimum Gasteiger partial charge on any atom is -0.448 e. The summed E-state index contributed by atoms with van der Waals surface area (Å²) in [6, 6.07) is 5.09. The van der Waals surface area contributed by atoms with E-state index in [4.69, 9.17) is 10.2 Å². The van der Waals surface area contributed by atoms with E-state index in [2.05, 4.69) is 15.6 Å². The van der Waals surface area contributed by atoms with Crippen molar-refractivity contribution in [3.8, 4) is 0 Å². The number of piperidine rings is 1. The van der Waals surface area contributed by atoms with Gasteiger partial charge in [0.15, 0.2) is 6.39 Å². The molecule has 0 spiro atoms. The highest BCUT2D eigenvalue weighted by Gasteiger charge is 2.38. The van der Waals surface area contributed by atoms with Crippen LogP contribution in [-0.4, -0.2) is 40.2 Å². The van der Waals surface area contributed by atoms with E-state index in [9.17, 15) is 14.4 Å². The summed E-state index contributed by atoms with van der Waals surface area (Å²) in [5, 5.41) is 5.64. The van der Waals surface area contributed by atoms with Crippen molar-refractivity contribution < 1.29 is 18.8 Å². The van der Waals surface area contributed by atoms with Crippen LogP contribution in [0.2, 0.25) is 0 Å². The summed E-state index contributed by atoms with van der Waals surface area (Å²) in [5.74, 6) is -0.0573. The van der Waals surface area contributed by atoms with Crippen LogP contribution >= 0.6 is 0 Å². The molecule has 1 unspecified atom stereocenters. The Labute approximate surface area is 167 Å². The van der Waals surface area contributed by atoms with Gasteiger partial charge in [-0.05, 0) is 30.2 Å². The Kier molecular flexibility index (Phi) is 5.41. The second-order valence-electron chi connectivity index (χ2n) is 7.26. The molecule has 0 saturated carbocycles. The third kappa shape index (κ3) is 3.92. The molecule has 0 bridgehead atoms. The maximum Gasteiger partial charge on any atom is 0.255 e. The number of nitrogens with one attached hydrogen (secondary N) is 2. The predicted molar refractivity (Wildman–Crippen MR) is 102 cm³/mol. The lowest BCUT2D eigenvalue weighted by atomic mass is 10.0. The van der Waals surface area contributed by atoms with Crippen LogP contribution in [0, 0.1) is 0 Å². The SMILES string of the molecule is NCCc1ocnc1CNCc1ccc2c(c1)CN(C1CCC(=O)NC1=O)C2=O. The molecule has 2 aromatic rings. The largest absolute Gasteiger partial charge is 0.448 e. The monoisotopic (exact) mass is 397 g/mol. The van der Waals surface area contributed by atoms with Crippen LogP contribution in [0.1, 0.15) is 45.8 Å². The number of carbonyl (C=O) groups excluding carboxylic acids is 3. The molecule has 1 fully saturated rings. The number of rotatable bonds is 7. The first kappa shape index (κ1) is 19.3. The molecule has 1 atom stereocenters. The van der Waals surface area contributed by atoms with Gasteiger partial charge < -0.3 is 20.4 Å². The Hall–Kier alpha value is -3.04. The molecule has 1 aromatic carbocycles. The van der Waals surface area contributed by atoms with E-state index in [-0.39, 0.29) is 18.2 Å². The van der Waals surface area contributed by atoms with E-state index in [0.717, 1.165) is 22.6 Å². The maximum absolute atomic E-state index is 12.7. The van der Waals surface area contributed by atoms with Crippen LogP contribution in [0.5, 0.6) is 0 Å². The molecule has 0 aliphatic carbocycles. The number of carbonyl (C=O) groups is 3. The van der Waals surface area contributed by atoms with E-state index in [1.54, 1.807) is 11.0 Å². The van der Waals surface area contributed by atoms with Crippen LogP contribution in [-0.2, 0) is 35.6 Å². The molecule has 3 heterocycles. The Balaban J connectivity index is 1.39. The number of aromatic nitrogens is 1. The summed E-state index contributed by atoms with van der Waals surface area (Å²) in [6.07, 6.45) is 2.68. The molecule has 29 heavy (non-hydrogen) atoms.